The van der Waals surface area contributed by atoms with Crippen molar-refractivity contribution in [3.05, 3.63) is 29.6 Å². The summed E-state index contributed by atoms with van der Waals surface area (Å²) in [6, 6.07) is 7.26. The van der Waals surface area contributed by atoms with Gasteiger partial charge in [-0.2, -0.15) is 5.26 Å². The second kappa shape index (κ2) is 5.63. The molecule has 94 valence electrons. The molecule has 0 aliphatic heterocycles. The zero-order valence-corrected chi connectivity index (χ0v) is 10.6. The molecule has 0 aromatic carbocycles. The molecule has 0 unspecified atom stereocenters. The normalized spacial score (nSPS) is 16.0. The fraction of sp³-hybridized carbons (Fsp3) is 0.500. The molecule has 1 aliphatic carbocycles. The van der Waals surface area contributed by atoms with E-state index in [-0.39, 0.29) is 11.6 Å². The van der Waals surface area contributed by atoms with Gasteiger partial charge in [-0.05, 0) is 25.0 Å². The van der Waals surface area contributed by atoms with Crippen molar-refractivity contribution in [2.24, 2.45) is 0 Å². The minimum Gasteiger partial charge on any atom is -0.337 e. The van der Waals surface area contributed by atoms with Crippen molar-refractivity contribution in [1.29, 1.82) is 5.26 Å². The van der Waals surface area contributed by atoms with Gasteiger partial charge in [-0.1, -0.05) is 25.3 Å². The van der Waals surface area contributed by atoms with E-state index in [0.717, 1.165) is 12.8 Å². The van der Waals surface area contributed by atoms with Crippen LogP contribution in [0.2, 0.25) is 0 Å². The molecule has 18 heavy (non-hydrogen) atoms. The highest BCUT2D eigenvalue weighted by Gasteiger charge is 2.23. The van der Waals surface area contributed by atoms with E-state index in [2.05, 4.69) is 4.98 Å². The minimum atomic E-state index is -0.0843. The summed E-state index contributed by atoms with van der Waals surface area (Å²) in [6.07, 6.45) is 5.78. The number of nitrogens with zero attached hydrogens (tertiary/aromatic N) is 3. The van der Waals surface area contributed by atoms with E-state index < -0.39 is 0 Å². The van der Waals surface area contributed by atoms with Gasteiger partial charge in [-0.15, -0.1) is 0 Å². The second-order valence-corrected chi connectivity index (χ2v) is 4.73. The Hall–Kier alpha value is -1.89. The first-order valence-electron chi connectivity index (χ1n) is 6.36. The smallest absolute Gasteiger partial charge is 0.272 e. The fourth-order valence-electron chi connectivity index (χ4n) is 2.43. The molecule has 1 heterocycles. The monoisotopic (exact) mass is 243 g/mol. The molecule has 0 spiro atoms. The molecule has 4 nitrogen and oxygen atoms in total. The average Bonchev–Trinajstić information content (AvgIpc) is 2.46. The van der Waals surface area contributed by atoms with Crippen LogP contribution in [0.5, 0.6) is 0 Å². The van der Waals surface area contributed by atoms with Crippen LogP contribution in [-0.4, -0.2) is 28.9 Å². The maximum atomic E-state index is 12.3. The Morgan fingerprint density at radius 2 is 2.11 bits per heavy atom. The Kier molecular flexibility index (Phi) is 3.93. The van der Waals surface area contributed by atoms with Gasteiger partial charge in [0.15, 0.2) is 0 Å². The molecular formula is C14H17N3O. The van der Waals surface area contributed by atoms with E-state index in [1.807, 2.05) is 13.1 Å². The lowest BCUT2D eigenvalue weighted by Crippen LogP contribution is -2.38. The lowest BCUT2D eigenvalue weighted by molar-refractivity contribution is 0.0690. The van der Waals surface area contributed by atoms with Gasteiger partial charge in [-0.25, -0.2) is 4.98 Å². The molecular weight excluding hydrogens is 226 g/mol. The van der Waals surface area contributed by atoms with Crippen LogP contribution in [0.25, 0.3) is 0 Å². The Bertz CT molecular complexity index is 472. The zero-order valence-electron chi connectivity index (χ0n) is 10.6. The van der Waals surface area contributed by atoms with Gasteiger partial charge in [0, 0.05) is 13.1 Å². The lowest BCUT2D eigenvalue weighted by Gasteiger charge is -2.31. The average molecular weight is 243 g/mol. The number of hydrogen-bond donors (Lipinski definition) is 0. The minimum absolute atomic E-state index is 0.0843. The highest BCUT2D eigenvalue weighted by atomic mass is 16.2. The molecule has 0 saturated heterocycles. The van der Waals surface area contributed by atoms with Gasteiger partial charge >= 0.3 is 0 Å². The van der Waals surface area contributed by atoms with Crippen LogP contribution in [0.15, 0.2) is 18.2 Å². The maximum absolute atomic E-state index is 12.3. The second-order valence-electron chi connectivity index (χ2n) is 4.73. The van der Waals surface area contributed by atoms with Gasteiger partial charge in [0.05, 0.1) is 0 Å². The molecule has 1 saturated carbocycles. The summed E-state index contributed by atoms with van der Waals surface area (Å²) >= 11 is 0. The van der Waals surface area contributed by atoms with Crippen molar-refractivity contribution in [3.63, 3.8) is 0 Å². The number of nitriles is 1. The highest BCUT2D eigenvalue weighted by molar-refractivity contribution is 5.92. The molecule has 0 atom stereocenters. The summed E-state index contributed by atoms with van der Waals surface area (Å²) in [5.74, 6) is -0.0843. The maximum Gasteiger partial charge on any atom is 0.272 e. The molecule has 0 N–H and O–H groups in total. The number of amides is 1. The Labute approximate surface area is 107 Å². The summed E-state index contributed by atoms with van der Waals surface area (Å²) in [5, 5.41) is 8.79. The number of carbonyl (C=O) groups is 1. The van der Waals surface area contributed by atoms with Crippen LogP contribution < -0.4 is 0 Å². The van der Waals surface area contributed by atoms with Crippen molar-refractivity contribution in [2.75, 3.05) is 7.05 Å². The fourth-order valence-corrected chi connectivity index (χ4v) is 2.43. The molecule has 1 aromatic heterocycles. The van der Waals surface area contributed by atoms with E-state index in [0.29, 0.717) is 11.7 Å². The van der Waals surface area contributed by atoms with Crippen LogP contribution in [0.3, 0.4) is 0 Å². The standard InChI is InChI=1S/C14H17N3O/c1-17(12-7-3-2-4-8-12)14(18)13-9-5-6-11(10-15)16-13/h5-6,9,12H,2-4,7-8H2,1H3. The van der Waals surface area contributed by atoms with E-state index in [1.165, 1.54) is 19.3 Å². The Balaban J connectivity index is 2.12. The van der Waals surface area contributed by atoms with Gasteiger partial charge in [0.2, 0.25) is 0 Å². The summed E-state index contributed by atoms with van der Waals surface area (Å²) in [5.41, 5.74) is 0.653. The van der Waals surface area contributed by atoms with Gasteiger partial charge < -0.3 is 4.90 Å². The van der Waals surface area contributed by atoms with Crippen molar-refractivity contribution in [2.45, 2.75) is 38.1 Å². The predicted octanol–water partition coefficient (Wildman–Crippen LogP) is 2.36. The SMILES string of the molecule is CN(C(=O)c1cccc(C#N)n1)C1CCCCC1. The topological polar surface area (TPSA) is 57.0 Å². The molecule has 1 aliphatic rings. The van der Waals surface area contributed by atoms with Crippen LogP contribution >= 0.6 is 0 Å². The van der Waals surface area contributed by atoms with Gasteiger partial charge in [0.1, 0.15) is 17.5 Å². The molecule has 4 heteroatoms. The summed E-state index contributed by atoms with van der Waals surface area (Å²) in [4.78, 5) is 18.1. The quantitative estimate of drug-likeness (QED) is 0.801. The third kappa shape index (κ3) is 2.67. The number of aromatic nitrogens is 1. The van der Waals surface area contributed by atoms with Crippen molar-refractivity contribution < 1.29 is 4.79 Å². The summed E-state index contributed by atoms with van der Waals surface area (Å²) < 4.78 is 0. The van der Waals surface area contributed by atoms with E-state index >= 15 is 0 Å². The first-order chi connectivity index (χ1) is 8.72. The van der Waals surface area contributed by atoms with Crippen molar-refractivity contribution in [3.8, 4) is 6.07 Å². The predicted molar refractivity (Wildman–Crippen MR) is 67.9 cm³/mol. The Morgan fingerprint density at radius 3 is 2.78 bits per heavy atom. The number of rotatable bonds is 2. The summed E-state index contributed by atoms with van der Waals surface area (Å²) in [6.45, 7) is 0. The highest BCUT2D eigenvalue weighted by Crippen LogP contribution is 2.22. The van der Waals surface area contributed by atoms with Crippen molar-refractivity contribution >= 4 is 5.91 Å². The number of pyridine rings is 1. The van der Waals surface area contributed by atoms with Crippen LogP contribution in [0.4, 0.5) is 0 Å². The van der Waals surface area contributed by atoms with Crippen LogP contribution in [-0.2, 0) is 0 Å². The molecule has 1 aromatic rings. The van der Waals surface area contributed by atoms with Crippen LogP contribution in [0, 0.1) is 11.3 Å². The number of carbonyl (C=O) groups excluding carboxylic acids is 1. The summed E-state index contributed by atoms with van der Waals surface area (Å²) in [7, 11) is 1.83. The van der Waals surface area contributed by atoms with Crippen molar-refractivity contribution in [1.82, 2.24) is 9.88 Å². The third-order valence-electron chi connectivity index (χ3n) is 3.53. The molecule has 1 fully saturated rings. The Morgan fingerprint density at radius 1 is 1.39 bits per heavy atom. The molecule has 2 rings (SSSR count). The zero-order chi connectivity index (χ0) is 13.0. The molecule has 0 radical (unpaired) electrons. The molecule has 1 amide bonds. The van der Waals surface area contributed by atoms with Gasteiger partial charge in [0.25, 0.3) is 5.91 Å². The first kappa shape index (κ1) is 12.6. The van der Waals surface area contributed by atoms with Crippen LogP contribution in [0.1, 0.15) is 48.3 Å². The van der Waals surface area contributed by atoms with Gasteiger partial charge in [-0.3, -0.25) is 4.79 Å². The molecule has 0 bridgehead atoms. The van der Waals surface area contributed by atoms with E-state index in [4.69, 9.17) is 5.26 Å². The lowest BCUT2D eigenvalue weighted by atomic mass is 9.94. The van der Waals surface area contributed by atoms with E-state index in [1.54, 1.807) is 23.1 Å². The first-order valence-corrected chi connectivity index (χ1v) is 6.36. The third-order valence-corrected chi connectivity index (χ3v) is 3.53. The largest absolute Gasteiger partial charge is 0.337 e. The van der Waals surface area contributed by atoms with E-state index in [9.17, 15) is 4.79 Å². The number of hydrogen-bond acceptors (Lipinski definition) is 3.